The molecule has 5 nitrogen and oxygen atoms in total. The normalized spacial score (nSPS) is 11.3. The van der Waals surface area contributed by atoms with Crippen LogP contribution in [0.5, 0.6) is 11.5 Å². The molecule has 0 aliphatic heterocycles. The van der Waals surface area contributed by atoms with Crippen molar-refractivity contribution in [3.8, 4) is 11.5 Å². The van der Waals surface area contributed by atoms with E-state index >= 15 is 0 Å². The van der Waals surface area contributed by atoms with Crippen LogP contribution < -0.4 is 14.2 Å². The highest BCUT2D eigenvalue weighted by Crippen LogP contribution is 2.24. The zero-order chi connectivity index (χ0) is 17.0. The van der Waals surface area contributed by atoms with Crippen molar-refractivity contribution in [1.29, 1.82) is 0 Å². The van der Waals surface area contributed by atoms with Gasteiger partial charge in [-0.2, -0.15) is 0 Å². The second-order valence-electron chi connectivity index (χ2n) is 5.09. The Morgan fingerprint density at radius 1 is 1.09 bits per heavy atom. The van der Waals surface area contributed by atoms with Gasteiger partial charge in [-0.3, -0.25) is 4.72 Å². The Morgan fingerprint density at radius 2 is 1.74 bits per heavy atom. The predicted octanol–water partition coefficient (Wildman–Crippen LogP) is 3.42. The molecule has 2 rings (SSSR count). The van der Waals surface area contributed by atoms with Gasteiger partial charge in [-0.15, -0.1) is 0 Å². The first-order valence-corrected chi connectivity index (χ1v) is 8.43. The van der Waals surface area contributed by atoms with Gasteiger partial charge in [0, 0.05) is 6.07 Å². The largest absolute Gasteiger partial charge is 0.497 e. The van der Waals surface area contributed by atoms with E-state index in [0.717, 1.165) is 6.07 Å². The molecule has 0 aliphatic rings. The van der Waals surface area contributed by atoms with Gasteiger partial charge in [-0.1, -0.05) is 0 Å². The predicted molar refractivity (Wildman–Crippen MR) is 86.0 cm³/mol. The van der Waals surface area contributed by atoms with Crippen LogP contribution in [0.4, 0.5) is 10.1 Å². The number of anilines is 1. The maximum absolute atomic E-state index is 13.9. The Hall–Kier alpha value is -2.28. The zero-order valence-electron chi connectivity index (χ0n) is 13.0. The molecule has 1 N–H and O–H groups in total. The summed E-state index contributed by atoms with van der Waals surface area (Å²) in [5, 5.41) is 0. The first-order valence-electron chi connectivity index (χ1n) is 6.95. The third kappa shape index (κ3) is 4.35. The smallest absolute Gasteiger partial charge is 0.261 e. The minimum absolute atomic E-state index is 0.0567. The van der Waals surface area contributed by atoms with Crippen LogP contribution in [0, 0.1) is 5.82 Å². The van der Waals surface area contributed by atoms with E-state index < -0.39 is 15.8 Å². The standard InChI is InChI=1S/C16H18FNO4S/c1-11(2)22-16-9-4-12(10-15(16)17)18-23(19,20)14-7-5-13(21-3)6-8-14/h4-11,18H,1-3H3. The third-order valence-electron chi connectivity index (χ3n) is 2.92. The monoisotopic (exact) mass is 339 g/mol. The Bertz CT molecular complexity index is 773. The molecule has 23 heavy (non-hydrogen) atoms. The number of hydrogen-bond donors (Lipinski definition) is 1. The highest BCUT2D eigenvalue weighted by Gasteiger charge is 2.15. The molecular formula is C16H18FNO4S. The average molecular weight is 339 g/mol. The highest BCUT2D eigenvalue weighted by atomic mass is 32.2. The summed E-state index contributed by atoms with van der Waals surface area (Å²) in [5.41, 5.74) is 0.120. The lowest BCUT2D eigenvalue weighted by atomic mass is 10.3. The number of ether oxygens (including phenoxy) is 2. The molecule has 7 heteroatoms. The van der Waals surface area contributed by atoms with Crippen LogP contribution >= 0.6 is 0 Å². The van der Waals surface area contributed by atoms with Crippen molar-refractivity contribution in [2.75, 3.05) is 11.8 Å². The fourth-order valence-corrected chi connectivity index (χ4v) is 2.93. The summed E-state index contributed by atoms with van der Waals surface area (Å²) in [6.07, 6.45) is -0.175. The van der Waals surface area contributed by atoms with Crippen molar-refractivity contribution < 1.29 is 22.3 Å². The average Bonchev–Trinajstić information content (AvgIpc) is 2.49. The van der Waals surface area contributed by atoms with Gasteiger partial charge in [-0.05, 0) is 50.2 Å². The summed E-state index contributed by atoms with van der Waals surface area (Å²) >= 11 is 0. The molecule has 0 saturated carbocycles. The lowest BCUT2D eigenvalue weighted by Gasteiger charge is -2.13. The first kappa shape index (κ1) is 17.1. The molecule has 0 spiro atoms. The molecule has 0 unspecified atom stereocenters. The lowest BCUT2D eigenvalue weighted by Crippen LogP contribution is -2.13. The Morgan fingerprint density at radius 3 is 2.26 bits per heavy atom. The van der Waals surface area contributed by atoms with Crippen molar-refractivity contribution in [2.45, 2.75) is 24.8 Å². The van der Waals surface area contributed by atoms with E-state index in [4.69, 9.17) is 9.47 Å². The Kier molecular flexibility index (Phi) is 5.10. The van der Waals surface area contributed by atoms with E-state index in [0.29, 0.717) is 5.75 Å². The second kappa shape index (κ2) is 6.87. The third-order valence-corrected chi connectivity index (χ3v) is 4.31. The van der Waals surface area contributed by atoms with E-state index in [2.05, 4.69) is 4.72 Å². The van der Waals surface area contributed by atoms with Gasteiger partial charge in [-0.25, -0.2) is 12.8 Å². The molecule has 0 bridgehead atoms. The molecule has 2 aromatic rings. The fourth-order valence-electron chi connectivity index (χ4n) is 1.88. The van der Waals surface area contributed by atoms with Gasteiger partial charge in [0.25, 0.3) is 10.0 Å². The molecule has 0 fully saturated rings. The van der Waals surface area contributed by atoms with Crippen LogP contribution in [0.2, 0.25) is 0 Å². The summed E-state index contributed by atoms with van der Waals surface area (Å²) in [6, 6.07) is 9.81. The number of sulfonamides is 1. The summed E-state index contributed by atoms with van der Waals surface area (Å²) < 4.78 is 51.0. The topological polar surface area (TPSA) is 64.6 Å². The van der Waals surface area contributed by atoms with Crippen molar-refractivity contribution in [2.24, 2.45) is 0 Å². The van der Waals surface area contributed by atoms with E-state index in [-0.39, 0.29) is 22.4 Å². The molecule has 2 aromatic carbocycles. The molecule has 0 heterocycles. The van der Waals surface area contributed by atoms with Crippen molar-refractivity contribution >= 4 is 15.7 Å². The molecule has 0 amide bonds. The molecular weight excluding hydrogens is 321 g/mol. The number of benzene rings is 2. The van der Waals surface area contributed by atoms with Gasteiger partial charge in [0.05, 0.1) is 23.8 Å². The van der Waals surface area contributed by atoms with Crippen LogP contribution in [0.3, 0.4) is 0 Å². The molecule has 124 valence electrons. The summed E-state index contributed by atoms with van der Waals surface area (Å²) in [4.78, 5) is 0.0567. The SMILES string of the molecule is COc1ccc(S(=O)(=O)Nc2ccc(OC(C)C)c(F)c2)cc1. The van der Waals surface area contributed by atoms with Gasteiger partial charge < -0.3 is 9.47 Å². The summed E-state index contributed by atoms with van der Waals surface area (Å²) in [7, 11) is -2.31. The molecule has 0 aliphatic carbocycles. The van der Waals surface area contributed by atoms with E-state index in [9.17, 15) is 12.8 Å². The van der Waals surface area contributed by atoms with Crippen LogP contribution in [-0.2, 0) is 10.0 Å². The minimum atomic E-state index is -3.80. The quantitative estimate of drug-likeness (QED) is 0.876. The molecule has 0 saturated heterocycles. The van der Waals surface area contributed by atoms with Crippen LogP contribution in [0.15, 0.2) is 47.4 Å². The van der Waals surface area contributed by atoms with E-state index in [1.54, 1.807) is 13.8 Å². The number of halogens is 1. The van der Waals surface area contributed by atoms with E-state index in [1.807, 2.05) is 0 Å². The molecule has 0 atom stereocenters. The van der Waals surface area contributed by atoms with Crippen molar-refractivity contribution in [3.63, 3.8) is 0 Å². The number of methoxy groups -OCH3 is 1. The highest BCUT2D eigenvalue weighted by molar-refractivity contribution is 7.92. The first-order chi connectivity index (χ1) is 10.8. The summed E-state index contributed by atoms with van der Waals surface area (Å²) in [5.74, 6) is -0.00814. The number of nitrogens with one attached hydrogen (secondary N) is 1. The van der Waals surface area contributed by atoms with Crippen molar-refractivity contribution in [1.82, 2.24) is 0 Å². The van der Waals surface area contributed by atoms with Gasteiger partial charge in [0.15, 0.2) is 11.6 Å². The molecule has 0 aromatic heterocycles. The number of rotatable bonds is 6. The Balaban J connectivity index is 2.21. The van der Waals surface area contributed by atoms with Gasteiger partial charge in [0.1, 0.15) is 5.75 Å². The second-order valence-corrected chi connectivity index (χ2v) is 6.78. The van der Waals surface area contributed by atoms with Gasteiger partial charge >= 0.3 is 0 Å². The van der Waals surface area contributed by atoms with Crippen LogP contribution in [-0.4, -0.2) is 21.6 Å². The fraction of sp³-hybridized carbons (Fsp3) is 0.250. The maximum Gasteiger partial charge on any atom is 0.261 e. The van der Waals surface area contributed by atoms with Crippen LogP contribution in [0.1, 0.15) is 13.8 Å². The lowest BCUT2D eigenvalue weighted by molar-refractivity contribution is 0.231. The summed E-state index contributed by atoms with van der Waals surface area (Å²) in [6.45, 7) is 3.56. The van der Waals surface area contributed by atoms with E-state index in [1.165, 1.54) is 43.5 Å². The van der Waals surface area contributed by atoms with Gasteiger partial charge in [0.2, 0.25) is 0 Å². The number of hydrogen-bond acceptors (Lipinski definition) is 4. The molecule has 0 radical (unpaired) electrons. The van der Waals surface area contributed by atoms with Crippen molar-refractivity contribution in [3.05, 3.63) is 48.3 Å². The van der Waals surface area contributed by atoms with Crippen LogP contribution in [0.25, 0.3) is 0 Å². The minimum Gasteiger partial charge on any atom is -0.497 e. The zero-order valence-corrected chi connectivity index (χ0v) is 13.9. The Labute approximate surface area is 135 Å². The maximum atomic E-state index is 13.9.